The fourth-order valence-electron chi connectivity index (χ4n) is 3.30. The van der Waals surface area contributed by atoms with Crippen LogP contribution in [-0.4, -0.2) is 22.6 Å². The highest BCUT2D eigenvalue weighted by Gasteiger charge is 2.20. The summed E-state index contributed by atoms with van der Waals surface area (Å²) in [6.45, 7) is 0. The van der Waals surface area contributed by atoms with Crippen LogP contribution >= 0.6 is 0 Å². The van der Waals surface area contributed by atoms with Crippen LogP contribution in [0, 0.1) is 0 Å². The topological polar surface area (TPSA) is 137 Å². The zero-order valence-electron chi connectivity index (χ0n) is 17.8. The fraction of sp³-hybridized carbons (Fsp3) is 0. The summed E-state index contributed by atoms with van der Waals surface area (Å²) in [5, 5.41) is 0. The molecule has 7 nitrogen and oxygen atoms in total. The lowest BCUT2D eigenvalue weighted by molar-refractivity contribution is 0.103. The number of carbonyl (C=O) groups excluding carboxylic acids is 1. The lowest BCUT2D eigenvalue weighted by atomic mass is 10.0. The molecule has 172 valence electrons. The van der Waals surface area contributed by atoms with Crippen molar-refractivity contribution in [2.75, 3.05) is 11.5 Å². The molecular formula is C25H20N2O5S2. The third-order valence-corrected chi connectivity index (χ3v) is 8.81. The SMILES string of the molecule is Nc1ccc(S(=O)(=O)c2ccc(C(=O)c3ccc(S(=O)(=O)c4ccc(N)cc4)cc3)cc2)cc1. The Morgan fingerprint density at radius 3 is 0.941 bits per heavy atom. The number of hydrogen-bond donors (Lipinski definition) is 2. The molecule has 0 aromatic heterocycles. The van der Waals surface area contributed by atoms with Crippen molar-refractivity contribution in [1.82, 2.24) is 0 Å². The van der Waals surface area contributed by atoms with Crippen molar-refractivity contribution in [2.24, 2.45) is 0 Å². The van der Waals surface area contributed by atoms with E-state index in [1.54, 1.807) is 0 Å². The van der Waals surface area contributed by atoms with Crippen LogP contribution in [0.3, 0.4) is 0 Å². The zero-order chi connectivity index (χ0) is 24.5. The van der Waals surface area contributed by atoms with Gasteiger partial charge in [-0.3, -0.25) is 4.79 Å². The van der Waals surface area contributed by atoms with E-state index in [2.05, 4.69) is 0 Å². The maximum atomic E-state index is 12.9. The molecule has 0 spiro atoms. The van der Waals surface area contributed by atoms with Crippen LogP contribution in [0.4, 0.5) is 11.4 Å². The number of nitrogens with two attached hydrogens (primary N) is 2. The minimum atomic E-state index is -3.76. The number of nitrogen functional groups attached to an aromatic ring is 2. The van der Waals surface area contributed by atoms with Gasteiger partial charge in [0.2, 0.25) is 19.7 Å². The highest BCUT2D eigenvalue weighted by molar-refractivity contribution is 7.91. The Morgan fingerprint density at radius 2 is 0.676 bits per heavy atom. The summed E-state index contributed by atoms with van der Waals surface area (Å²) in [6, 6.07) is 22.8. The van der Waals surface area contributed by atoms with Gasteiger partial charge >= 0.3 is 0 Å². The molecule has 4 aromatic carbocycles. The average molecular weight is 493 g/mol. The molecule has 0 bridgehead atoms. The average Bonchev–Trinajstić information content (AvgIpc) is 2.84. The molecule has 0 unspecified atom stereocenters. The third kappa shape index (κ3) is 4.43. The molecule has 0 radical (unpaired) electrons. The van der Waals surface area contributed by atoms with Crippen molar-refractivity contribution in [2.45, 2.75) is 19.6 Å². The first-order valence-corrected chi connectivity index (χ1v) is 13.0. The van der Waals surface area contributed by atoms with Gasteiger partial charge in [0.1, 0.15) is 0 Å². The predicted molar refractivity (Wildman–Crippen MR) is 129 cm³/mol. The third-order valence-electron chi connectivity index (χ3n) is 5.23. The van der Waals surface area contributed by atoms with Crippen LogP contribution in [0.2, 0.25) is 0 Å². The van der Waals surface area contributed by atoms with Crippen LogP contribution in [-0.2, 0) is 19.7 Å². The number of ketones is 1. The van der Waals surface area contributed by atoms with Crippen molar-refractivity contribution in [3.63, 3.8) is 0 Å². The number of rotatable bonds is 6. The van der Waals surface area contributed by atoms with Crippen LogP contribution in [0.1, 0.15) is 15.9 Å². The number of anilines is 2. The summed E-state index contributed by atoms with van der Waals surface area (Å²) in [4.78, 5) is 13.1. The summed E-state index contributed by atoms with van der Waals surface area (Å²) in [5.41, 5.74) is 12.7. The Labute approximate surface area is 197 Å². The van der Waals surface area contributed by atoms with E-state index in [4.69, 9.17) is 11.5 Å². The highest BCUT2D eigenvalue weighted by atomic mass is 32.2. The standard InChI is InChI=1S/C25H20N2O5S2/c26-19-5-13-23(14-6-19)33(29,30)21-9-1-17(2-10-21)25(28)18-3-11-22(12-4-18)34(31,32)24-15-7-20(27)8-16-24/h1-16H,26-27H2. The van der Waals surface area contributed by atoms with Crippen molar-refractivity contribution < 1.29 is 21.6 Å². The summed E-state index contributed by atoms with van der Waals surface area (Å²) in [6.07, 6.45) is 0. The molecule has 9 heteroatoms. The molecule has 0 aliphatic rings. The Kier molecular flexibility index (Phi) is 5.99. The van der Waals surface area contributed by atoms with E-state index in [1.165, 1.54) is 97.1 Å². The Morgan fingerprint density at radius 1 is 0.441 bits per heavy atom. The number of hydrogen-bond acceptors (Lipinski definition) is 7. The van der Waals surface area contributed by atoms with Gasteiger partial charge in [0.15, 0.2) is 5.78 Å². The molecule has 34 heavy (non-hydrogen) atoms. The lowest BCUT2D eigenvalue weighted by Gasteiger charge is -2.08. The Balaban J connectivity index is 1.56. The van der Waals surface area contributed by atoms with E-state index >= 15 is 0 Å². The molecule has 4 N–H and O–H groups in total. The summed E-state index contributed by atoms with van der Waals surface area (Å²) in [5.74, 6) is -0.368. The number of carbonyl (C=O) groups is 1. The van der Waals surface area contributed by atoms with Gasteiger partial charge in [0.25, 0.3) is 0 Å². The monoisotopic (exact) mass is 492 g/mol. The molecule has 0 aliphatic heterocycles. The van der Waals surface area contributed by atoms with Crippen LogP contribution in [0.15, 0.2) is 117 Å². The molecule has 0 saturated heterocycles. The Bertz CT molecular complexity index is 1440. The van der Waals surface area contributed by atoms with Gasteiger partial charge in [0, 0.05) is 22.5 Å². The summed E-state index contributed by atoms with van der Waals surface area (Å²) in [7, 11) is -7.51. The largest absolute Gasteiger partial charge is 0.399 e. The van der Waals surface area contributed by atoms with Gasteiger partial charge in [-0.25, -0.2) is 16.8 Å². The fourth-order valence-corrected chi connectivity index (χ4v) is 5.83. The smallest absolute Gasteiger partial charge is 0.206 e. The van der Waals surface area contributed by atoms with E-state index in [9.17, 15) is 21.6 Å². The van der Waals surface area contributed by atoms with Gasteiger partial charge in [-0.2, -0.15) is 0 Å². The van der Waals surface area contributed by atoms with Gasteiger partial charge < -0.3 is 11.5 Å². The zero-order valence-corrected chi connectivity index (χ0v) is 19.4. The number of sulfone groups is 2. The normalized spacial score (nSPS) is 11.8. The molecule has 0 aliphatic carbocycles. The second-order valence-electron chi connectivity index (χ2n) is 7.52. The molecule has 0 amide bonds. The van der Waals surface area contributed by atoms with E-state index in [0.29, 0.717) is 11.4 Å². The van der Waals surface area contributed by atoms with E-state index in [1.807, 2.05) is 0 Å². The minimum Gasteiger partial charge on any atom is -0.399 e. The van der Waals surface area contributed by atoms with E-state index in [-0.39, 0.29) is 36.5 Å². The second-order valence-corrected chi connectivity index (χ2v) is 11.4. The van der Waals surface area contributed by atoms with Gasteiger partial charge in [-0.1, -0.05) is 0 Å². The van der Waals surface area contributed by atoms with Crippen LogP contribution in [0.25, 0.3) is 0 Å². The molecule has 0 heterocycles. The van der Waals surface area contributed by atoms with Gasteiger partial charge in [-0.15, -0.1) is 0 Å². The summed E-state index contributed by atoms with van der Waals surface area (Å²) < 4.78 is 51.1. The molecule has 0 fully saturated rings. The highest BCUT2D eigenvalue weighted by Crippen LogP contribution is 2.25. The van der Waals surface area contributed by atoms with Crippen molar-refractivity contribution in [3.8, 4) is 0 Å². The minimum absolute atomic E-state index is 0.0405. The second kappa shape index (κ2) is 8.77. The van der Waals surface area contributed by atoms with E-state index in [0.717, 1.165) is 0 Å². The molecule has 0 saturated carbocycles. The summed E-state index contributed by atoms with van der Waals surface area (Å²) >= 11 is 0. The van der Waals surface area contributed by atoms with Gasteiger partial charge in [-0.05, 0) is 97.1 Å². The lowest BCUT2D eigenvalue weighted by Crippen LogP contribution is -2.06. The first kappa shape index (κ1) is 23.2. The molecular weight excluding hydrogens is 472 g/mol. The van der Waals surface area contributed by atoms with E-state index < -0.39 is 19.7 Å². The first-order valence-electron chi connectivity index (χ1n) is 10.1. The predicted octanol–water partition coefficient (Wildman–Crippen LogP) is 3.75. The maximum Gasteiger partial charge on any atom is 0.206 e. The quantitative estimate of drug-likeness (QED) is 0.309. The van der Waals surface area contributed by atoms with Crippen molar-refractivity contribution in [3.05, 3.63) is 108 Å². The molecule has 4 rings (SSSR count). The van der Waals surface area contributed by atoms with Crippen LogP contribution < -0.4 is 11.5 Å². The van der Waals surface area contributed by atoms with Gasteiger partial charge in [0.05, 0.1) is 19.6 Å². The van der Waals surface area contributed by atoms with Crippen LogP contribution in [0.5, 0.6) is 0 Å². The van der Waals surface area contributed by atoms with Crippen molar-refractivity contribution in [1.29, 1.82) is 0 Å². The maximum absolute atomic E-state index is 12.9. The molecule has 4 aromatic rings. The van der Waals surface area contributed by atoms with Crippen molar-refractivity contribution >= 4 is 36.8 Å². The molecule has 0 atom stereocenters. The first-order chi connectivity index (χ1) is 16.1. The Hall–Kier alpha value is -3.95. The number of benzene rings is 4.